The largest absolute Gasteiger partial charge is 0.465 e. The second-order valence-electron chi connectivity index (χ2n) is 11.6. The Morgan fingerprint density at radius 3 is 1.85 bits per heavy atom. The lowest BCUT2D eigenvalue weighted by Gasteiger charge is -2.35. The molecule has 1 fully saturated rings. The molecule has 0 spiro atoms. The zero-order chi connectivity index (χ0) is 34.0. The first-order valence-corrected chi connectivity index (χ1v) is 15.9. The third-order valence-electron chi connectivity index (χ3n) is 7.99. The Morgan fingerprint density at radius 1 is 0.745 bits per heavy atom. The molecular formula is C33H49N5O9. The van der Waals surface area contributed by atoms with Crippen LogP contribution in [0.4, 0.5) is 14.4 Å². The minimum absolute atomic E-state index is 0.0310. The number of nitrogens with zero attached hydrogens (tertiary/aromatic N) is 5. The monoisotopic (exact) mass is 659 g/mol. The molecule has 47 heavy (non-hydrogen) atoms. The van der Waals surface area contributed by atoms with Crippen molar-refractivity contribution in [2.24, 2.45) is 0 Å². The van der Waals surface area contributed by atoms with Gasteiger partial charge in [-0.15, -0.1) is 0 Å². The summed E-state index contributed by atoms with van der Waals surface area (Å²) in [4.78, 5) is 42.9. The van der Waals surface area contributed by atoms with E-state index in [1.54, 1.807) is 11.8 Å². The average molecular weight is 660 g/mol. The number of carbonyl (C=O) groups is 3. The Kier molecular flexibility index (Phi) is 16.2. The molecule has 2 atom stereocenters. The standard InChI is InChI=1S/C33H49N5O9/c1-27-22-37(32(42)43)16-15-36(31(40)41)14-12-34(13-17-38(27)33(44)45)25-30(39)26-47-21-20-46-19-18-35(23-28-8-4-2-5-9-28)24-29-10-6-3-7-11-29/h2-11,27,30,39H,12-26H2,1H3,(H,40,41)(H,42,43)(H,44,45). The van der Waals surface area contributed by atoms with Gasteiger partial charge in [0.25, 0.3) is 0 Å². The summed E-state index contributed by atoms with van der Waals surface area (Å²) in [6, 6.07) is 19.9. The van der Waals surface area contributed by atoms with Crippen molar-refractivity contribution in [3.05, 3.63) is 71.8 Å². The SMILES string of the molecule is CC1CN(C(=O)O)CCN(C(=O)O)CCN(CC(O)COCCOCCN(Cc2ccccc2)Cc2ccccc2)CCN1C(=O)O. The van der Waals surface area contributed by atoms with Gasteiger partial charge in [0.15, 0.2) is 0 Å². The van der Waals surface area contributed by atoms with Gasteiger partial charge in [-0.3, -0.25) is 9.80 Å². The van der Waals surface area contributed by atoms with Crippen LogP contribution in [0.15, 0.2) is 60.7 Å². The fraction of sp³-hybridized carbons (Fsp3) is 0.545. The van der Waals surface area contributed by atoms with Crippen LogP contribution in [0.1, 0.15) is 18.1 Å². The summed E-state index contributed by atoms with van der Waals surface area (Å²) in [6.07, 6.45) is -4.50. The van der Waals surface area contributed by atoms with Crippen LogP contribution in [0.25, 0.3) is 0 Å². The summed E-state index contributed by atoms with van der Waals surface area (Å²) < 4.78 is 11.5. The van der Waals surface area contributed by atoms with Gasteiger partial charge in [-0.2, -0.15) is 0 Å². The van der Waals surface area contributed by atoms with Crippen molar-refractivity contribution >= 4 is 18.3 Å². The van der Waals surface area contributed by atoms with E-state index in [1.165, 1.54) is 16.0 Å². The average Bonchev–Trinajstić information content (AvgIpc) is 3.03. The lowest BCUT2D eigenvalue weighted by atomic mass is 10.1. The van der Waals surface area contributed by atoms with Gasteiger partial charge in [0.05, 0.1) is 32.5 Å². The van der Waals surface area contributed by atoms with Crippen LogP contribution in [0.5, 0.6) is 0 Å². The summed E-state index contributed by atoms with van der Waals surface area (Å²) in [5.41, 5.74) is 2.45. The molecule has 1 saturated heterocycles. The van der Waals surface area contributed by atoms with Crippen molar-refractivity contribution in [1.82, 2.24) is 24.5 Å². The fourth-order valence-corrected chi connectivity index (χ4v) is 5.42. The quantitative estimate of drug-likeness (QED) is 0.220. The molecule has 2 aromatic carbocycles. The van der Waals surface area contributed by atoms with Gasteiger partial charge in [0.2, 0.25) is 0 Å². The van der Waals surface area contributed by atoms with E-state index < -0.39 is 30.4 Å². The lowest BCUT2D eigenvalue weighted by molar-refractivity contribution is -0.0122. The van der Waals surface area contributed by atoms with E-state index in [0.29, 0.717) is 13.2 Å². The van der Waals surface area contributed by atoms with E-state index in [2.05, 4.69) is 29.2 Å². The van der Waals surface area contributed by atoms with Gasteiger partial charge in [-0.25, -0.2) is 14.4 Å². The molecule has 2 aromatic rings. The Morgan fingerprint density at radius 2 is 1.28 bits per heavy atom. The first-order valence-electron chi connectivity index (χ1n) is 15.9. The number of carboxylic acid groups (broad SMARTS) is 3. The Balaban J connectivity index is 1.44. The molecule has 3 amide bonds. The van der Waals surface area contributed by atoms with Crippen LogP contribution < -0.4 is 0 Å². The molecule has 3 rings (SSSR count). The highest BCUT2D eigenvalue weighted by Crippen LogP contribution is 2.11. The molecule has 1 aliphatic rings. The number of hydrogen-bond acceptors (Lipinski definition) is 8. The van der Waals surface area contributed by atoms with Crippen LogP contribution in [0.2, 0.25) is 0 Å². The third kappa shape index (κ3) is 14.1. The highest BCUT2D eigenvalue weighted by molar-refractivity contribution is 5.67. The Labute approximate surface area is 276 Å². The molecule has 14 nitrogen and oxygen atoms in total. The van der Waals surface area contributed by atoms with Crippen molar-refractivity contribution in [1.29, 1.82) is 0 Å². The van der Waals surface area contributed by atoms with E-state index >= 15 is 0 Å². The summed E-state index contributed by atoms with van der Waals surface area (Å²) in [5.74, 6) is 0. The second kappa shape index (κ2) is 20.3. The van der Waals surface area contributed by atoms with Crippen molar-refractivity contribution in [3.8, 4) is 0 Å². The Hall–Kier alpha value is -3.95. The smallest absolute Gasteiger partial charge is 0.407 e. The highest BCUT2D eigenvalue weighted by atomic mass is 16.5. The summed E-state index contributed by atoms with van der Waals surface area (Å²) in [7, 11) is 0. The summed E-state index contributed by atoms with van der Waals surface area (Å²) >= 11 is 0. The maximum Gasteiger partial charge on any atom is 0.407 e. The maximum atomic E-state index is 12.0. The van der Waals surface area contributed by atoms with Gasteiger partial charge < -0.3 is 44.6 Å². The predicted octanol–water partition coefficient (Wildman–Crippen LogP) is 2.73. The normalized spacial score (nSPS) is 17.6. The zero-order valence-electron chi connectivity index (χ0n) is 27.1. The molecule has 1 heterocycles. The van der Waals surface area contributed by atoms with Gasteiger partial charge in [0, 0.05) is 78.0 Å². The molecule has 14 heteroatoms. The summed E-state index contributed by atoms with van der Waals surface area (Å²) in [5, 5.41) is 39.6. The van der Waals surface area contributed by atoms with Gasteiger partial charge in [-0.1, -0.05) is 60.7 Å². The van der Waals surface area contributed by atoms with Crippen molar-refractivity contribution in [2.45, 2.75) is 32.2 Å². The first-order chi connectivity index (χ1) is 22.6. The number of ether oxygens (including phenoxy) is 2. The summed E-state index contributed by atoms with van der Waals surface area (Å²) in [6.45, 7) is 5.61. The molecule has 1 aliphatic heterocycles. The van der Waals surface area contributed by atoms with Crippen LogP contribution in [-0.2, 0) is 22.6 Å². The second-order valence-corrected chi connectivity index (χ2v) is 11.6. The van der Waals surface area contributed by atoms with Crippen LogP contribution in [0, 0.1) is 0 Å². The third-order valence-corrected chi connectivity index (χ3v) is 7.99. The van der Waals surface area contributed by atoms with E-state index in [0.717, 1.165) is 29.4 Å². The highest BCUT2D eigenvalue weighted by Gasteiger charge is 2.27. The fourth-order valence-electron chi connectivity index (χ4n) is 5.42. The molecule has 4 N–H and O–H groups in total. The minimum atomic E-state index is -1.24. The minimum Gasteiger partial charge on any atom is -0.465 e. The maximum absolute atomic E-state index is 12.0. The van der Waals surface area contributed by atoms with Gasteiger partial charge in [-0.05, 0) is 18.1 Å². The van der Waals surface area contributed by atoms with Crippen molar-refractivity contribution < 1.29 is 44.3 Å². The number of β-amino-alcohol motifs (C(OH)–C–C–N with tert-alkyl or cyclic N) is 1. The van der Waals surface area contributed by atoms with Crippen molar-refractivity contribution in [3.63, 3.8) is 0 Å². The number of benzene rings is 2. The van der Waals surface area contributed by atoms with E-state index in [1.807, 2.05) is 36.4 Å². The number of aliphatic hydroxyl groups is 1. The molecule has 0 aliphatic carbocycles. The molecular weight excluding hydrogens is 610 g/mol. The number of hydrogen-bond donors (Lipinski definition) is 4. The predicted molar refractivity (Wildman–Crippen MR) is 174 cm³/mol. The van der Waals surface area contributed by atoms with Crippen LogP contribution in [0.3, 0.4) is 0 Å². The van der Waals surface area contributed by atoms with Crippen LogP contribution >= 0.6 is 0 Å². The molecule has 0 radical (unpaired) electrons. The molecule has 260 valence electrons. The number of aliphatic hydroxyl groups excluding tert-OH is 1. The van der Waals surface area contributed by atoms with E-state index in [-0.39, 0.29) is 65.6 Å². The number of rotatable bonds is 14. The topological polar surface area (TPSA) is 167 Å². The van der Waals surface area contributed by atoms with Gasteiger partial charge in [0.1, 0.15) is 0 Å². The lowest BCUT2D eigenvalue weighted by Crippen LogP contribution is -2.53. The number of amides is 3. The van der Waals surface area contributed by atoms with Crippen LogP contribution in [-0.4, -0.2) is 161 Å². The van der Waals surface area contributed by atoms with Crippen molar-refractivity contribution in [2.75, 3.05) is 85.3 Å². The van der Waals surface area contributed by atoms with E-state index in [4.69, 9.17) is 9.47 Å². The van der Waals surface area contributed by atoms with Gasteiger partial charge >= 0.3 is 18.3 Å². The Bertz CT molecular complexity index is 1170. The molecule has 2 unspecified atom stereocenters. The molecule has 0 saturated carbocycles. The molecule has 0 bridgehead atoms. The van der Waals surface area contributed by atoms with E-state index in [9.17, 15) is 34.8 Å². The first kappa shape index (κ1) is 37.5. The molecule has 0 aromatic heterocycles. The zero-order valence-corrected chi connectivity index (χ0v) is 27.1.